The Morgan fingerprint density at radius 3 is 2.67 bits per heavy atom. The topological polar surface area (TPSA) is 60.2 Å². The van der Waals surface area contributed by atoms with E-state index in [0.717, 1.165) is 33.4 Å². The third-order valence-corrected chi connectivity index (χ3v) is 5.69. The van der Waals surface area contributed by atoms with Gasteiger partial charge in [0.2, 0.25) is 0 Å². The molecule has 0 unspecified atom stereocenters. The Hall–Kier alpha value is -4.19. The fourth-order valence-corrected chi connectivity index (χ4v) is 4.06. The summed E-state index contributed by atoms with van der Waals surface area (Å²) in [7, 11) is 1.78. The predicted octanol–water partition coefficient (Wildman–Crippen LogP) is 4.94. The molecule has 0 aliphatic heterocycles. The molecule has 0 bridgehead atoms. The van der Waals surface area contributed by atoms with Crippen molar-refractivity contribution in [3.63, 3.8) is 0 Å². The van der Waals surface area contributed by atoms with Crippen molar-refractivity contribution in [3.05, 3.63) is 103 Å². The number of para-hydroxylation sites is 2. The number of imidazole rings is 1. The Kier molecular flexibility index (Phi) is 5.72. The lowest BCUT2D eigenvalue weighted by Gasteiger charge is -2.18. The maximum Gasteiger partial charge on any atom is 0.255 e. The van der Waals surface area contributed by atoms with Gasteiger partial charge in [-0.05, 0) is 35.7 Å². The number of hydrogen-bond acceptors (Lipinski definition) is 4. The van der Waals surface area contributed by atoms with Crippen LogP contribution >= 0.6 is 0 Å². The molecule has 6 heteroatoms. The molecule has 0 saturated heterocycles. The zero-order valence-electron chi connectivity index (χ0n) is 18.4. The number of amides is 1. The van der Waals surface area contributed by atoms with E-state index in [1.165, 1.54) is 0 Å². The quantitative estimate of drug-likeness (QED) is 0.363. The summed E-state index contributed by atoms with van der Waals surface area (Å²) in [6, 6.07) is 25.8. The highest BCUT2D eigenvalue weighted by molar-refractivity contribution is 5.93. The van der Waals surface area contributed by atoms with Crippen molar-refractivity contribution in [2.75, 3.05) is 13.7 Å². The van der Waals surface area contributed by atoms with Gasteiger partial charge < -0.3 is 14.2 Å². The van der Waals surface area contributed by atoms with Crippen LogP contribution in [-0.2, 0) is 13.1 Å². The number of carbonyl (C=O) groups is 1. The normalized spacial score (nSPS) is 11.1. The maximum absolute atomic E-state index is 12.8. The third-order valence-electron chi connectivity index (χ3n) is 5.69. The highest BCUT2D eigenvalue weighted by atomic mass is 16.5. The number of carbonyl (C=O) groups excluding carboxylic acids is 1. The number of pyridine rings is 1. The van der Waals surface area contributed by atoms with Crippen LogP contribution in [0.15, 0.2) is 91.3 Å². The molecule has 0 N–H and O–H groups in total. The molecule has 2 heterocycles. The van der Waals surface area contributed by atoms with Crippen molar-refractivity contribution in [1.29, 1.82) is 0 Å². The number of ether oxygens (including phenoxy) is 1. The van der Waals surface area contributed by atoms with Gasteiger partial charge in [0.25, 0.3) is 5.91 Å². The summed E-state index contributed by atoms with van der Waals surface area (Å²) in [6.07, 6.45) is 3.24. The fourth-order valence-electron chi connectivity index (χ4n) is 4.06. The first kappa shape index (κ1) is 20.7. The molecule has 0 spiro atoms. The van der Waals surface area contributed by atoms with Gasteiger partial charge in [-0.25, -0.2) is 4.98 Å². The Morgan fingerprint density at radius 1 is 0.970 bits per heavy atom. The average Bonchev–Trinajstić information content (AvgIpc) is 3.21. The first-order valence-electron chi connectivity index (χ1n) is 10.9. The summed E-state index contributed by atoms with van der Waals surface area (Å²) in [6.45, 7) is 1.49. The van der Waals surface area contributed by atoms with Crippen molar-refractivity contribution in [3.8, 4) is 5.75 Å². The molecule has 3 aromatic carbocycles. The van der Waals surface area contributed by atoms with E-state index in [9.17, 15) is 4.79 Å². The van der Waals surface area contributed by atoms with Crippen LogP contribution in [0.1, 0.15) is 16.2 Å². The lowest BCUT2D eigenvalue weighted by molar-refractivity contribution is 0.0779. The molecule has 2 aromatic heterocycles. The van der Waals surface area contributed by atoms with E-state index in [1.807, 2.05) is 48.5 Å². The summed E-state index contributed by atoms with van der Waals surface area (Å²) in [5, 5.41) is 2.25. The molecule has 0 radical (unpaired) electrons. The maximum atomic E-state index is 12.8. The van der Waals surface area contributed by atoms with E-state index in [1.54, 1.807) is 36.5 Å². The summed E-state index contributed by atoms with van der Waals surface area (Å²) in [4.78, 5) is 23.3. The number of nitrogens with zero attached hydrogens (tertiary/aromatic N) is 4. The van der Waals surface area contributed by atoms with Crippen molar-refractivity contribution in [2.24, 2.45) is 0 Å². The first-order chi connectivity index (χ1) is 16.2. The van der Waals surface area contributed by atoms with Crippen LogP contribution in [0.3, 0.4) is 0 Å². The van der Waals surface area contributed by atoms with Gasteiger partial charge in [0.1, 0.15) is 18.2 Å². The summed E-state index contributed by atoms with van der Waals surface area (Å²) in [5.74, 6) is 1.59. The van der Waals surface area contributed by atoms with E-state index < -0.39 is 0 Å². The molecular weight excluding hydrogens is 412 g/mol. The van der Waals surface area contributed by atoms with Crippen LogP contribution in [-0.4, -0.2) is 39.0 Å². The molecule has 0 fully saturated rings. The van der Waals surface area contributed by atoms with Crippen molar-refractivity contribution in [1.82, 2.24) is 19.4 Å². The van der Waals surface area contributed by atoms with Gasteiger partial charge in [0, 0.05) is 24.8 Å². The molecule has 1 amide bonds. The van der Waals surface area contributed by atoms with Gasteiger partial charge in [-0.1, -0.05) is 48.5 Å². The van der Waals surface area contributed by atoms with Crippen LogP contribution in [0.25, 0.3) is 21.8 Å². The van der Waals surface area contributed by atoms with Crippen LogP contribution in [0.4, 0.5) is 0 Å². The van der Waals surface area contributed by atoms with Crippen molar-refractivity contribution in [2.45, 2.75) is 13.1 Å². The van der Waals surface area contributed by atoms with Gasteiger partial charge in [0.05, 0.1) is 29.7 Å². The second-order valence-corrected chi connectivity index (χ2v) is 7.90. The van der Waals surface area contributed by atoms with E-state index in [2.05, 4.69) is 27.8 Å². The largest absolute Gasteiger partial charge is 0.491 e. The molecule has 5 aromatic rings. The Balaban J connectivity index is 1.37. The molecule has 0 aliphatic rings. The molecule has 6 nitrogen and oxygen atoms in total. The SMILES string of the molecule is CN(Cc1nc2ccccc2n1CCOc1cccc2ccccc12)C(=O)c1cccnc1. The summed E-state index contributed by atoms with van der Waals surface area (Å²) < 4.78 is 8.31. The highest BCUT2D eigenvalue weighted by Gasteiger charge is 2.17. The van der Waals surface area contributed by atoms with E-state index >= 15 is 0 Å². The number of rotatable bonds is 7. The van der Waals surface area contributed by atoms with Gasteiger partial charge >= 0.3 is 0 Å². The molecule has 33 heavy (non-hydrogen) atoms. The molecule has 0 saturated carbocycles. The minimum Gasteiger partial charge on any atom is -0.491 e. The van der Waals surface area contributed by atoms with Crippen LogP contribution in [0, 0.1) is 0 Å². The van der Waals surface area contributed by atoms with Crippen molar-refractivity contribution >= 4 is 27.7 Å². The van der Waals surface area contributed by atoms with Crippen LogP contribution in [0.5, 0.6) is 5.75 Å². The second kappa shape index (κ2) is 9.12. The molecule has 164 valence electrons. The second-order valence-electron chi connectivity index (χ2n) is 7.90. The standard InChI is InChI=1S/C27H24N4O2/c1-30(27(32)21-10-7-15-28-18-21)19-26-29-23-12-4-5-13-24(23)31(26)16-17-33-25-14-6-9-20-8-2-3-11-22(20)25/h2-15,18H,16-17,19H2,1H3. The Labute approximate surface area is 192 Å². The van der Waals surface area contributed by atoms with Gasteiger partial charge in [-0.3, -0.25) is 9.78 Å². The monoisotopic (exact) mass is 436 g/mol. The smallest absolute Gasteiger partial charge is 0.255 e. The third kappa shape index (κ3) is 4.28. The van der Waals surface area contributed by atoms with Gasteiger partial charge in [0.15, 0.2) is 0 Å². The van der Waals surface area contributed by atoms with Crippen LogP contribution < -0.4 is 4.74 Å². The summed E-state index contributed by atoms with van der Waals surface area (Å²) >= 11 is 0. The Bertz CT molecular complexity index is 1410. The lowest BCUT2D eigenvalue weighted by atomic mass is 10.1. The average molecular weight is 437 g/mol. The molecule has 5 rings (SSSR count). The minimum atomic E-state index is -0.0892. The number of aromatic nitrogens is 3. The number of hydrogen-bond donors (Lipinski definition) is 0. The fraction of sp³-hybridized carbons (Fsp3) is 0.148. The zero-order chi connectivity index (χ0) is 22.6. The van der Waals surface area contributed by atoms with Crippen molar-refractivity contribution < 1.29 is 9.53 Å². The van der Waals surface area contributed by atoms with E-state index in [0.29, 0.717) is 25.3 Å². The first-order valence-corrected chi connectivity index (χ1v) is 10.9. The molecule has 0 atom stereocenters. The minimum absolute atomic E-state index is 0.0892. The highest BCUT2D eigenvalue weighted by Crippen LogP contribution is 2.25. The molecular formula is C27H24N4O2. The van der Waals surface area contributed by atoms with Gasteiger partial charge in [-0.2, -0.15) is 0 Å². The zero-order valence-corrected chi connectivity index (χ0v) is 18.4. The Morgan fingerprint density at radius 2 is 1.79 bits per heavy atom. The number of benzene rings is 3. The van der Waals surface area contributed by atoms with E-state index in [-0.39, 0.29) is 5.91 Å². The lowest BCUT2D eigenvalue weighted by Crippen LogP contribution is -2.28. The van der Waals surface area contributed by atoms with Crippen LogP contribution in [0.2, 0.25) is 0 Å². The predicted molar refractivity (Wildman–Crippen MR) is 129 cm³/mol. The summed E-state index contributed by atoms with van der Waals surface area (Å²) in [5.41, 5.74) is 2.48. The molecule has 0 aliphatic carbocycles. The number of fused-ring (bicyclic) bond motifs is 2. The van der Waals surface area contributed by atoms with Gasteiger partial charge in [-0.15, -0.1) is 0 Å². The van der Waals surface area contributed by atoms with E-state index in [4.69, 9.17) is 9.72 Å².